The number of carbonyl (C=O) groups is 1. The molecule has 1 spiro atoms. The lowest BCUT2D eigenvalue weighted by atomic mass is 9.51. The van der Waals surface area contributed by atoms with Gasteiger partial charge in [-0.05, 0) is 50.4 Å². The normalized spacial score (nSPS) is 45.1. The molecule has 4 aliphatic rings. The first kappa shape index (κ1) is 14.0. The van der Waals surface area contributed by atoms with Gasteiger partial charge in [-0.2, -0.15) is 0 Å². The Morgan fingerprint density at radius 2 is 1.90 bits per heavy atom. The molecule has 4 rings (SSSR count). The van der Waals surface area contributed by atoms with Crippen molar-refractivity contribution in [3.8, 4) is 0 Å². The van der Waals surface area contributed by atoms with E-state index in [4.69, 9.17) is 0 Å². The van der Waals surface area contributed by atoms with Crippen LogP contribution in [0.4, 0.5) is 0 Å². The summed E-state index contributed by atoms with van der Waals surface area (Å²) in [5.74, 6) is 1.72. The Kier molecular flexibility index (Phi) is 3.12. The fourth-order valence-corrected chi connectivity index (χ4v) is 6.21. The second-order valence-corrected chi connectivity index (χ2v) is 8.28. The van der Waals surface area contributed by atoms with Gasteiger partial charge in [0.05, 0.1) is 11.5 Å². The fourth-order valence-electron chi connectivity index (χ4n) is 6.21. The molecule has 1 N–H and O–H groups in total. The van der Waals surface area contributed by atoms with Crippen LogP contribution >= 0.6 is 0 Å². The van der Waals surface area contributed by atoms with Crippen LogP contribution in [0, 0.1) is 22.7 Å². The maximum absolute atomic E-state index is 12.8. The lowest BCUT2D eigenvalue weighted by Gasteiger charge is -2.52. The molecule has 0 saturated heterocycles. The van der Waals surface area contributed by atoms with Gasteiger partial charge in [-0.1, -0.05) is 37.8 Å². The van der Waals surface area contributed by atoms with Gasteiger partial charge in [0.2, 0.25) is 0 Å². The van der Waals surface area contributed by atoms with Crippen LogP contribution in [0.1, 0.15) is 71.1 Å². The Morgan fingerprint density at radius 1 is 1.14 bits per heavy atom. The molecule has 0 aromatic carbocycles. The Morgan fingerprint density at radius 3 is 2.67 bits per heavy atom. The molecule has 0 radical (unpaired) electrons. The van der Waals surface area contributed by atoms with Crippen molar-refractivity contribution in [3.05, 3.63) is 11.6 Å². The molecule has 0 bridgehead atoms. The van der Waals surface area contributed by atoms with Gasteiger partial charge in [-0.15, -0.1) is 0 Å². The van der Waals surface area contributed by atoms with Gasteiger partial charge in [0.1, 0.15) is 5.78 Å². The molecule has 2 nitrogen and oxygen atoms in total. The van der Waals surface area contributed by atoms with Crippen molar-refractivity contribution >= 4 is 5.78 Å². The summed E-state index contributed by atoms with van der Waals surface area (Å²) in [6.07, 6.45) is 13.1. The van der Waals surface area contributed by atoms with Crippen LogP contribution in [0.15, 0.2) is 11.6 Å². The third-order valence-corrected chi connectivity index (χ3v) is 7.48. The van der Waals surface area contributed by atoms with E-state index in [0.717, 1.165) is 44.9 Å². The molecular formula is C19H28O2. The predicted octanol–water partition coefficient (Wildman–Crippen LogP) is 4.02. The van der Waals surface area contributed by atoms with E-state index in [9.17, 15) is 9.90 Å². The second kappa shape index (κ2) is 4.68. The van der Waals surface area contributed by atoms with E-state index in [0.29, 0.717) is 17.6 Å². The van der Waals surface area contributed by atoms with Gasteiger partial charge >= 0.3 is 0 Å². The van der Waals surface area contributed by atoms with E-state index in [2.05, 4.69) is 13.0 Å². The Labute approximate surface area is 128 Å². The van der Waals surface area contributed by atoms with Crippen molar-refractivity contribution in [1.82, 2.24) is 0 Å². The molecule has 3 fully saturated rings. The van der Waals surface area contributed by atoms with Crippen LogP contribution in [0.5, 0.6) is 0 Å². The van der Waals surface area contributed by atoms with Gasteiger partial charge < -0.3 is 5.11 Å². The number of carbonyl (C=O) groups excluding carboxylic acids is 1. The summed E-state index contributed by atoms with van der Waals surface area (Å²) in [6.45, 7) is 2.28. The van der Waals surface area contributed by atoms with E-state index >= 15 is 0 Å². The van der Waals surface area contributed by atoms with E-state index in [-0.39, 0.29) is 16.9 Å². The zero-order valence-corrected chi connectivity index (χ0v) is 13.2. The van der Waals surface area contributed by atoms with Crippen molar-refractivity contribution in [2.45, 2.75) is 77.2 Å². The minimum Gasteiger partial charge on any atom is -0.393 e. The number of rotatable bonds is 0. The molecule has 0 aliphatic heterocycles. The summed E-state index contributed by atoms with van der Waals surface area (Å²) < 4.78 is 0. The third-order valence-electron chi connectivity index (χ3n) is 7.48. The van der Waals surface area contributed by atoms with Gasteiger partial charge in [-0.25, -0.2) is 0 Å². The van der Waals surface area contributed by atoms with Gasteiger partial charge in [0.15, 0.2) is 0 Å². The van der Waals surface area contributed by atoms with E-state index in [1.165, 1.54) is 24.8 Å². The summed E-state index contributed by atoms with van der Waals surface area (Å²) in [5, 5.41) is 10.4. The highest BCUT2D eigenvalue weighted by atomic mass is 16.3. The molecule has 0 unspecified atom stereocenters. The van der Waals surface area contributed by atoms with Crippen LogP contribution in [0.3, 0.4) is 0 Å². The Balaban J connectivity index is 1.75. The summed E-state index contributed by atoms with van der Waals surface area (Å²) in [7, 11) is 0. The number of hydrogen-bond acceptors (Lipinski definition) is 2. The van der Waals surface area contributed by atoms with Crippen molar-refractivity contribution in [2.24, 2.45) is 22.7 Å². The largest absolute Gasteiger partial charge is 0.393 e. The quantitative estimate of drug-likeness (QED) is 0.683. The summed E-state index contributed by atoms with van der Waals surface area (Å²) in [6, 6.07) is 0. The highest BCUT2D eigenvalue weighted by Gasteiger charge is 2.57. The molecule has 0 aromatic rings. The molecule has 0 aromatic heterocycles. The number of ketones is 1. The number of fused-ring (bicyclic) bond motifs is 4. The maximum atomic E-state index is 12.8. The Bertz CT molecular complexity index is 486. The molecule has 0 heterocycles. The van der Waals surface area contributed by atoms with Gasteiger partial charge in [0.25, 0.3) is 0 Å². The minimum atomic E-state index is -0.139. The fraction of sp³-hybridized carbons (Fsp3) is 0.842. The lowest BCUT2D eigenvalue weighted by molar-refractivity contribution is -0.132. The van der Waals surface area contributed by atoms with Crippen LogP contribution < -0.4 is 0 Å². The van der Waals surface area contributed by atoms with Crippen molar-refractivity contribution in [3.63, 3.8) is 0 Å². The van der Waals surface area contributed by atoms with Crippen LogP contribution in [0.25, 0.3) is 0 Å². The summed E-state index contributed by atoms with van der Waals surface area (Å²) in [4.78, 5) is 12.8. The number of aliphatic hydroxyl groups is 1. The second-order valence-electron chi connectivity index (χ2n) is 8.28. The van der Waals surface area contributed by atoms with Crippen molar-refractivity contribution in [2.75, 3.05) is 0 Å². The SMILES string of the molecule is C[C@@]12CC=C3[C@H](CCC(=O)C34CCCCC4)[C@H]1CC[C@H]2O. The smallest absolute Gasteiger partial charge is 0.143 e. The molecule has 116 valence electrons. The molecule has 4 aliphatic carbocycles. The summed E-state index contributed by atoms with van der Waals surface area (Å²) in [5.41, 5.74) is 1.50. The third kappa shape index (κ3) is 1.78. The highest BCUT2D eigenvalue weighted by Crippen LogP contribution is 2.62. The maximum Gasteiger partial charge on any atom is 0.143 e. The average Bonchev–Trinajstić information content (AvgIpc) is 2.80. The molecule has 2 heteroatoms. The van der Waals surface area contributed by atoms with Crippen molar-refractivity contribution < 1.29 is 9.90 Å². The summed E-state index contributed by atoms with van der Waals surface area (Å²) >= 11 is 0. The molecular weight excluding hydrogens is 260 g/mol. The number of allylic oxidation sites excluding steroid dienone is 2. The number of aliphatic hydroxyl groups excluding tert-OH is 1. The van der Waals surface area contributed by atoms with E-state index in [1.54, 1.807) is 0 Å². The van der Waals surface area contributed by atoms with Gasteiger partial charge in [-0.3, -0.25) is 4.79 Å². The average molecular weight is 288 g/mol. The molecule has 0 amide bonds. The monoisotopic (exact) mass is 288 g/mol. The standard InChI is InChI=1S/C19H28O2/c1-18-12-9-15-13(14(18)6-8-16(18)20)5-7-17(21)19(15)10-3-2-4-11-19/h9,13-14,16,20H,2-8,10-12H2,1H3/t13-,14-,16-,18-/m1/s1. The first-order valence-electron chi connectivity index (χ1n) is 9.00. The lowest BCUT2D eigenvalue weighted by Crippen LogP contribution is -2.48. The molecule has 21 heavy (non-hydrogen) atoms. The number of hydrogen-bond donors (Lipinski definition) is 1. The van der Waals surface area contributed by atoms with Crippen LogP contribution in [-0.4, -0.2) is 17.0 Å². The van der Waals surface area contributed by atoms with Crippen molar-refractivity contribution in [1.29, 1.82) is 0 Å². The van der Waals surface area contributed by atoms with Gasteiger partial charge in [0, 0.05) is 11.8 Å². The molecule has 4 atom stereocenters. The highest BCUT2D eigenvalue weighted by molar-refractivity contribution is 5.89. The number of Topliss-reactive ketones (excluding diaryl/α,β-unsaturated/α-hetero) is 1. The Hall–Kier alpha value is -0.630. The zero-order chi connectivity index (χ0) is 14.7. The van der Waals surface area contributed by atoms with E-state index < -0.39 is 0 Å². The minimum absolute atomic E-state index is 0.0738. The predicted molar refractivity (Wildman–Crippen MR) is 82.8 cm³/mol. The van der Waals surface area contributed by atoms with E-state index in [1.807, 2.05) is 0 Å². The first-order valence-corrected chi connectivity index (χ1v) is 9.00. The van der Waals surface area contributed by atoms with Crippen LogP contribution in [-0.2, 0) is 4.79 Å². The zero-order valence-electron chi connectivity index (χ0n) is 13.2. The molecule has 3 saturated carbocycles. The van der Waals surface area contributed by atoms with Crippen LogP contribution in [0.2, 0.25) is 0 Å². The first-order chi connectivity index (χ1) is 10.1. The topological polar surface area (TPSA) is 37.3 Å².